The molecule has 82 valence electrons. The van der Waals surface area contributed by atoms with Crippen molar-refractivity contribution >= 4 is 0 Å². The molecule has 0 aromatic heterocycles. The second-order valence-corrected chi connectivity index (χ2v) is 3.85. The van der Waals surface area contributed by atoms with Gasteiger partial charge in [0.1, 0.15) is 0 Å². The molecular formula is C14H13O2-. The van der Waals surface area contributed by atoms with Crippen LogP contribution in [0.4, 0.5) is 0 Å². The summed E-state index contributed by atoms with van der Waals surface area (Å²) >= 11 is 0. The van der Waals surface area contributed by atoms with Gasteiger partial charge < -0.3 is 9.47 Å². The van der Waals surface area contributed by atoms with E-state index >= 15 is 0 Å². The van der Waals surface area contributed by atoms with Crippen molar-refractivity contribution in [2.45, 2.75) is 5.79 Å². The van der Waals surface area contributed by atoms with Crippen LogP contribution in [0.15, 0.2) is 54.6 Å². The predicted molar refractivity (Wildman–Crippen MR) is 61.2 cm³/mol. The van der Waals surface area contributed by atoms with E-state index in [2.05, 4.69) is 0 Å². The lowest BCUT2D eigenvalue weighted by molar-refractivity contribution is -0.129. The van der Waals surface area contributed by atoms with E-state index in [4.69, 9.17) is 9.47 Å². The van der Waals surface area contributed by atoms with Crippen LogP contribution in [0.1, 0.15) is 11.1 Å². The van der Waals surface area contributed by atoms with Gasteiger partial charge in [0.25, 0.3) is 0 Å². The summed E-state index contributed by atoms with van der Waals surface area (Å²) in [6.07, 6.45) is 0. The molecular weight excluding hydrogens is 200 g/mol. The van der Waals surface area contributed by atoms with E-state index in [-0.39, 0.29) is 0 Å². The summed E-state index contributed by atoms with van der Waals surface area (Å²) in [7, 11) is 0. The summed E-state index contributed by atoms with van der Waals surface area (Å²) < 4.78 is 11.7. The zero-order valence-electron chi connectivity index (χ0n) is 8.93. The van der Waals surface area contributed by atoms with Gasteiger partial charge in [-0.3, -0.25) is 0 Å². The lowest BCUT2D eigenvalue weighted by Gasteiger charge is -2.30. The maximum atomic E-state index is 5.85. The number of ether oxygens (including phenoxy) is 2. The molecule has 0 radical (unpaired) electrons. The minimum absolute atomic E-state index is 0.639. The maximum absolute atomic E-state index is 5.85. The molecule has 3 rings (SSSR count). The number of benzene rings is 1. The van der Waals surface area contributed by atoms with E-state index in [0.717, 1.165) is 11.1 Å². The second kappa shape index (κ2) is 3.81. The fourth-order valence-corrected chi connectivity index (χ4v) is 2.16. The van der Waals surface area contributed by atoms with Crippen molar-refractivity contribution in [3.8, 4) is 0 Å². The Hall–Kier alpha value is -1.51. The van der Waals surface area contributed by atoms with Crippen molar-refractivity contribution in [1.82, 2.24) is 0 Å². The quantitative estimate of drug-likeness (QED) is 0.714. The molecule has 2 heteroatoms. The third-order valence-electron chi connectivity index (χ3n) is 2.89. The number of rotatable bonds is 2. The molecule has 16 heavy (non-hydrogen) atoms. The van der Waals surface area contributed by atoms with Gasteiger partial charge in [-0.15, -0.1) is 5.56 Å². The topological polar surface area (TPSA) is 18.5 Å². The van der Waals surface area contributed by atoms with Crippen LogP contribution < -0.4 is 0 Å². The van der Waals surface area contributed by atoms with Crippen LogP contribution in [0.25, 0.3) is 0 Å². The minimum Gasteiger partial charge on any atom is -0.341 e. The molecule has 1 fully saturated rings. The van der Waals surface area contributed by atoms with Crippen LogP contribution in [-0.2, 0) is 15.3 Å². The molecule has 1 saturated heterocycles. The van der Waals surface area contributed by atoms with Gasteiger partial charge in [-0.1, -0.05) is 30.3 Å². The van der Waals surface area contributed by atoms with E-state index in [1.54, 1.807) is 0 Å². The van der Waals surface area contributed by atoms with E-state index < -0.39 is 5.79 Å². The predicted octanol–water partition coefficient (Wildman–Crippen LogP) is 2.65. The molecule has 0 amide bonds. The van der Waals surface area contributed by atoms with Gasteiger partial charge in [-0.05, 0) is 0 Å². The third kappa shape index (κ3) is 1.39. The fourth-order valence-electron chi connectivity index (χ4n) is 2.16. The summed E-state index contributed by atoms with van der Waals surface area (Å²) in [4.78, 5) is 0. The highest BCUT2D eigenvalue weighted by atomic mass is 16.7. The summed E-state index contributed by atoms with van der Waals surface area (Å²) in [6, 6.07) is 18.2. The highest BCUT2D eigenvalue weighted by Crippen LogP contribution is 2.38. The first-order valence-corrected chi connectivity index (χ1v) is 5.47. The Kier molecular flexibility index (Phi) is 2.31. The standard InChI is InChI=1S/C14H13O2/c1-2-6-12(7-3-1)14(15-10-11-16-14)13-8-4-5-9-13/h1-9H,10-11H2/q-1. The van der Waals surface area contributed by atoms with E-state index in [9.17, 15) is 0 Å². The molecule has 0 bridgehead atoms. The summed E-state index contributed by atoms with van der Waals surface area (Å²) in [5.41, 5.74) is 2.12. The Bertz CT molecular complexity index is 439. The maximum Gasteiger partial charge on any atom is 0.198 e. The smallest absolute Gasteiger partial charge is 0.198 e. The van der Waals surface area contributed by atoms with Crippen LogP contribution in [-0.4, -0.2) is 13.2 Å². The molecule has 2 aromatic rings. The first-order valence-electron chi connectivity index (χ1n) is 5.47. The Morgan fingerprint density at radius 2 is 1.69 bits per heavy atom. The fraction of sp³-hybridized carbons (Fsp3) is 0.214. The van der Waals surface area contributed by atoms with Crippen molar-refractivity contribution in [2.24, 2.45) is 0 Å². The molecule has 1 heterocycles. The molecule has 2 nitrogen and oxygen atoms in total. The number of hydrogen-bond donors (Lipinski definition) is 0. The molecule has 2 aromatic carbocycles. The average Bonchev–Trinajstić information content (AvgIpc) is 3.02. The van der Waals surface area contributed by atoms with E-state index in [1.807, 2.05) is 54.6 Å². The van der Waals surface area contributed by atoms with Crippen molar-refractivity contribution in [3.63, 3.8) is 0 Å². The zero-order chi connectivity index (χ0) is 10.8. The normalized spacial score (nSPS) is 18.8. The molecule has 0 atom stereocenters. The molecule has 1 aliphatic rings. The Morgan fingerprint density at radius 1 is 0.938 bits per heavy atom. The monoisotopic (exact) mass is 213 g/mol. The van der Waals surface area contributed by atoms with Crippen LogP contribution in [0.3, 0.4) is 0 Å². The highest BCUT2D eigenvalue weighted by Gasteiger charge is 2.37. The largest absolute Gasteiger partial charge is 0.341 e. The zero-order valence-corrected chi connectivity index (χ0v) is 8.93. The number of hydrogen-bond acceptors (Lipinski definition) is 2. The third-order valence-corrected chi connectivity index (χ3v) is 2.89. The van der Waals surface area contributed by atoms with Crippen molar-refractivity contribution in [3.05, 3.63) is 65.7 Å². The Balaban J connectivity index is 2.11. The van der Waals surface area contributed by atoms with E-state index in [1.165, 1.54) is 0 Å². The van der Waals surface area contributed by atoms with Crippen molar-refractivity contribution in [1.29, 1.82) is 0 Å². The van der Waals surface area contributed by atoms with Gasteiger partial charge in [0.05, 0.1) is 13.2 Å². The Morgan fingerprint density at radius 3 is 2.31 bits per heavy atom. The first-order chi connectivity index (χ1) is 7.92. The minimum atomic E-state index is -0.690. The Labute approximate surface area is 94.8 Å². The summed E-state index contributed by atoms with van der Waals surface area (Å²) in [5, 5.41) is 0. The van der Waals surface area contributed by atoms with Crippen LogP contribution in [0.5, 0.6) is 0 Å². The molecule has 0 N–H and O–H groups in total. The van der Waals surface area contributed by atoms with Crippen LogP contribution in [0, 0.1) is 0 Å². The van der Waals surface area contributed by atoms with Gasteiger partial charge in [0.15, 0.2) is 5.79 Å². The lowest BCUT2D eigenvalue weighted by atomic mass is 10.00. The van der Waals surface area contributed by atoms with Crippen molar-refractivity contribution in [2.75, 3.05) is 13.2 Å². The van der Waals surface area contributed by atoms with Gasteiger partial charge in [0, 0.05) is 5.56 Å². The molecule has 0 saturated carbocycles. The van der Waals surface area contributed by atoms with Gasteiger partial charge in [-0.25, -0.2) is 12.1 Å². The molecule has 0 aliphatic carbocycles. The van der Waals surface area contributed by atoms with Crippen LogP contribution in [0.2, 0.25) is 0 Å². The second-order valence-electron chi connectivity index (χ2n) is 3.85. The average molecular weight is 213 g/mol. The highest BCUT2D eigenvalue weighted by molar-refractivity contribution is 5.35. The lowest BCUT2D eigenvalue weighted by Crippen LogP contribution is -2.27. The molecule has 1 aliphatic heterocycles. The summed E-state index contributed by atoms with van der Waals surface area (Å²) in [6.45, 7) is 1.28. The van der Waals surface area contributed by atoms with E-state index in [0.29, 0.717) is 13.2 Å². The molecule has 0 unspecified atom stereocenters. The SMILES string of the molecule is c1ccc(C2(c3ccc[cH-]3)OCCO2)cc1. The van der Waals surface area contributed by atoms with Gasteiger partial charge in [-0.2, -0.15) is 12.1 Å². The first kappa shape index (κ1) is 9.70. The van der Waals surface area contributed by atoms with Gasteiger partial charge >= 0.3 is 0 Å². The summed E-state index contributed by atoms with van der Waals surface area (Å²) in [5.74, 6) is -0.690. The van der Waals surface area contributed by atoms with Crippen molar-refractivity contribution < 1.29 is 9.47 Å². The van der Waals surface area contributed by atoms with Crippen LogP contribution >= 0.6 is 0 Å². The van der Waals surface area contributed by atoms with Gasteiger partial charge in [0.2, 0.25) is 0 Å². The molecule has 0 spiro atoms.